The van der Waals surface area contributed by atoms with Crippen LogP contribution in [-0.2, 0) is 4.74 Å². The zero-order valence-electron chi connectivity index (χ0n) is 12.2. The molecule has 0 spiro atoms. The molecule has 0 fully saturated rings. The van der Waals surface area contributed by atoms with Crippen molar-refractivity contribution in [1.82, 2.24) is 0 Å². The lowest BCUT2D eigenvalue weighted by Gasteiger charge is -2.18. The molecule has 1 rings (SSSR count). The number of anilines is 1. The first-order valence-electron chi connectivity index (χ1n) is 6.87. The normalized spacial score (nSPS) is 14.3. The quantitative estimate of drug-likeness (QED) is 0.769. The lowest BCUT2D eigenvalue weighted by Crippen LogP contribution is -2.27. The Hall–Kier alpha value is -0.840. The number of ether oxygens (including phenoxy) is 1. The molecule has 0 bridgehead atoms. The molecule has 20 heavy (non-hydrogen) atoms. The molecule has 0 radical (unpaired) electrons. The average Bonchev–Trinajstić information content (AvgIpc) is 2.37. The second-order valence-electron chi connectivity index (χ2n) is 5.44. The molecule has 0 aromatic heterocycles. The van der Waals surface area contributed by atoms with Crippen molar-refractivity contribution in [3.05, 3.63) is 29.0 Å². The van der Waals surface area contributed by atoms with Gasteiger partial charge in [0.15, 0.2) is 0 Å². The highest BCUT2D eigenvalue weighted by Gasteiger charge is 2.10. The van der Waals surface area contributed by atoms with Gasteiger partial charge in [-0.3, -0.25) is 0 Å². The van der Waals surface area contributed by atoms with Gasteiger partial charge in [0.05, 0.1) is 23.8 Å². The molecule has 2 unspecified atom stereocenters. The van der Waals surface area contributed by atoms with E-state index in [9.17, 15) is 9.50 Å². The maximum absolute atomic E-state index is 13.2. The summed E-state index contributed by atoms with van der Waals surface area (Å²) in [6.07, 6.45) is 0.448. The second kappa shape index (κ2) is 8.45. The fraction of sp³-hybridized carbons (Fsp3) is 0.600. The third-order valence-electron chi connectivity index (χ3n) is 2.84. The van der Waals surface area contributed by atoms with Crippen LogP contribution in [0.15, 0.2) is 18.2 Å². The molecule has 3 nitrogen and oxygen atoms in total. The molecule has 0 amide bonds. The Morgan fingerprint density at radius 2 is 2.05 bits per heavy atom. The number of nitrogens with one attached hydrogen (secondary N) is 1. The van der Waals surface area contributed by atoms with Crippen molar-refractivity contribution < 1.29 is 14.2 Å². The van der Waals surface area contributed by atoms with Crippen molar-refractivity contribution in [3.8, 4) is 0 Å². The van der Waals surface area contributed by atoms with Crippen molar-refractivity contribution in [1.29, 1.82) is 0 Å². The number of aliphatic hydroxyl groups is 1. The van der Waals surface area contributed by atoms with Gasteiger partial charge in [0, 0.05) is 12.2 Å². The number of rotatable bonds is 8. The van der Waals surface area contributed by atoms with Gasteiger partial charge in [-0.05, 0) is 37.5 Å². The van der Waals surface area contributed by atoms with Gasteiger partial charge in [-0.2, -0.15) is 0 Å². The molecule has 2 N–H and O–H groups in total. The molecule has 0 heterocycles. The Morgan fingerprint density at radius 1 is 1.35 bits per heavy atom. The standard InChI is InChI=1S/C15H23ClFNO2/c1-10(2)6-11(3)20-9-13(19)8-18-12-4-5-14(16)15(17)7-12/h4-5,7,10-11,13,18-19H,6,8-9H2,1-3H3. The van der Waals surface area contributed by atoms with Gasteiger partial charge in [0.25, 0.3) is 0 Å². The van der Waals surface area contributed by atoms with E-state index in [4.69, 9.17) is 16.3 Å². The number of hydrogen-bond donors (Lipinski definition) is 2. The summed E-state index contributed by atoms with van der Waals surface area (Å²) < 4.78 is 18.8. The third-order valence-corrected chi connectivity index (χ3v) is 3.14. The first-order chi connectivity index (χ1) is 9.38. The monoisotopic (exact) mass is 303 g/mol. The highest BCUT2D eigenvalue weighted by molar-refractivity contribution is 6.30. The first-order valence-corrected chi connectivity index (χ1v) is 7.25. The molecule has 0 aliphatic rings. The average molecular weight is 304 g/mol. The number of benzene rings is 1. The van der Waals surface area contributed by atoms with E-state index >= 15 is 0 Å². The molecule has 2 atom stereocenters. The number of hydrogen-bond acceptors (Lipinski definition) is 3. The minimum Gasteiger partial charge on any atom is -0.389 e. The maximum Gasteiger partial charge on any atom is 0.143 e. The van der Waals surface area contributed by atoms with Gasteiger partial charge in [-0.25, -0.2) is 4.39 Å². The van der Waals surface area contributed by atoms with E-state index in [1.807, 2.05) is 6.92 Å². The van der Waals surface area contributed by atoms with E-state index in [2.05, 4.69) is 19.2 Å². The zero-order chi connectivity index (χ0) is 15.1. The Labute approximate surface area is 125 Å². The highest BCUT2D eigenvalue weighted by atomic mass is 35.5. The molecule has 0 saturated heterocycles. The van der Waals surface area contributed by atoms with Gasteiger partial charge in [-0.15, -0.1) is 0 Å². The van der Waals surface area contributed by atoms with Crippen LogP contribution < -0.4 is 5.32 Å². The van der Waals surface area contributed by atoms with Crippen LogP contribution in [0.25, 0.3) is 0 Å². The Morgan fingerprint density at radius 3 is 2.65 bits per heavy atom. The summed E-state index contributed by atoms with van der Waals surface area (Å²) in [7, 11) is 0. The van der Waals surface area contributed by atoms with Gasteiger partial charge in [0.2, 0.25) is 0 Å². The van der Waals surface area contributed by atoms with E-state index in [1.54, 1.807) is 6.07 Å². The number of halogens is 2. The van der Waals surface area contributed by atoms with E-state index in [0.717, 1.165) is 6.42 Å². The van der Waals surface area contributed by atoms with Crippen molar-refractivity contribution in [3.63, 3.8) is 0 Å². The molecule has 114 valence electrons. The summed E-state index contributed by atoms with van der Waals surface area (Å²) >= 11 is 5.60. The topological polar surface area (TPSA) is 41.5 Å². The molecule has 0 aliphatic heterocycles. The lowest BCUT2D eigenvalue weighted by atomic mass is 10.1. The van der Waals surface area contributed by atoms with Gasteiger partial charge >= 0.3 is 0 Å². The fourth-order valence-corrected chi connectivity index (χ4v) is 2.03. The highest BCUT2D eigenvalue weighted by Crippen LogP contribution is 2.18. The van der Waals surface area contributed by atoms with Crippen LogP contribution in [0.5, 0.6) is 0 Å². The van der Waals surface area contributed by atoms with Crippen LogP contribution in [0.3, 0.4) is 0 Å². The molecule has 1 aromatic rings. The summed E-state index contributed by atoms with van der Waals surface area (Å²) in [5.74, 6) is 0.0882. The maximum atomic E-state index is 13.2. The Kier molecular flexibility index (Phi) is 7.27. The Balaban J connectivity index is 2.28. The van der Waals surface area contributed by atoms with Gasteiger partial charge < -0.3 is 15.2 Å². The smallest absolute Gasteiger partial charge is 0.143 e. The SMILES string of the molecule is CC(C)CC(C)OCC(O)CNc1ccc(Cl)c(F)c1. The fourth-order valence-electron chi connectivity index (χ4n) is 1.91. The predicted octanol–water partition coefficient (Wildman–Crippen LogP) is 3.70. The lowest BCUT2D eigenvalue weighted by molar-refractivity contribution is -0.00443. The van der Waals surface area contributed by atoms with Crippen molar-refractivity contribution in [2.24, 2.45) is 5.92 Å². The zero-order valence-corrected chi connectivity index (χ0v) is 13.0. The van der Waals surface area contributed by atoms with Crippen LogP contribution >= 0.6 is 11.6 Å². The molecular formula is C15H23ClFNO2. The van der Waals surface area contributed by atoms with Crippen molar-refractivity contribution in [2.45, 2.75) is 39.4 Å². The minimum absolute atomic E-state index is 0.0851. The van der Waals surface area contributed by atoms with Crippen LogP contribution in [-0.4, -0.2) is 30.5 Å². The van der Waals surface area contributed by atoms with Crippen molar-refractivity contribution in [2.75, 3.05) is 18.5 Å². The third kappa shape index (κ3) is 6.55. The minimum atomic E-state index is -0.636. The van der Waals surface area contributed by atoms with Crippen LogP contribution in [0.4, 0.5) is 10.1 Å². The predicted molar refractivity (Wildman–Crippen MR) is 80.8 cm³/mol. The molecule has 5 heteroatoms. The summed E-state index contributed by atoms with van der Waals surface area (Å²) in [6, 6.07) is 4.45. The largest absolute Gasteiger partial charge is 0.389 e. The van der Waals surface area contributed by atoms with Gasteiger partial charge in [0.1, 0.15) is 5.82 Å². The molecular weight excluding hydrogens is 281 g/mol. The summed E-state index contributed by atoms with van der Waals surface area (Å²) in [4.78, 5) is 0. The summed E-state index contributed by atoms with van der Waals surface area (Å²) in [5, 5.41) is 12.8. The molecule has 0 aliphatic carbocycles. The Bertz CT molecular complexity index is 415. The van der Waals surface area contributed by atoms with Crippen LogP contribution in [0.2, 0.25) is 5.02 Å². The van der Waals surface area contributed by atoms with E-state index < -0.39 is 11.9 Å². The summed E-state index contributed by atoms with van der Waals surface area (Å²) in [6.45, 7) is 6.82. The molecule has 1 aromatic carbocycles. The van der Waals surface area contributed by atoms with E-state index in [1.165, 1.54) is 12.1 Å². The van der Waals surface area contributed by atoms with Gasteiger partial charge in [-0.1, -0.05) is 25.4 Å². The first kappa shape index (κ1) is 17.2. The van der Waals surface area contributed by atoms with E-state index in [0.29, 0.717) is 18.2 Å². The van der Waals surface area contributed by atoms with Crippen LogP contribution in [0, 0.1) is 11.7 Å². The van der Waals surface area contributed by atoms with Crippen molar-refractivity contribution >= 4 is 17.3 Å². The van der Waals surface area contributed by atoms with E-state index in [-0.39, 0.29) is 17.7 Å². The van der Waals surface area contributed by atoms with Crippen LogP contribution in [0.1, 0.15) is 27.2 Å². The number of aliphatic hydroxyl groups excluding tert-OH is 1. The summed E-state index contributed by atoms with van der Waals surface area (Å²) in [5.41, 5.74) is 0.584. The second-order valence-corrected chi connectivity index (χ2v) is 5.84. The molecule has 0 saturated carbocycles.